The minimum Gasteiger partial charge on any atom is -0.417 e. The number of hydrogen-bond acceptors (Lipinski definition) is 2. The highest BCUT2D eigenvalue weighted by Gasteiger charge is 2.23. The van der Waals surface area contributed by atoms with Gasteiger partial charge in [-0.3, -0.25) is 0 Å². The van der Waals surface area contributed by atoms with Crippen LogP contribution in [0.3, 0.4) is 0 Å². The van der Waals surface area contributed by atoms with Gasteiger partial charge in [-0.25, -0.2) is 0 Å². The molecule has 1 aliphatic carbocycles. The summed E-state index contributed by atoms with van der Waals surface area (Å²) in [4.78, 5) is 5.73. The van der Waals surface area contributed by atoms with Crippen molar-refractivity contribution >= 4 is 0 Å². The van der Waals surface area contributed by atoms with E-state index in [9.17, 15) is 0 Å². The first-order valence-corrected chi connectivity index (χ1v) is 9.34. The van der Waals surface area contributed by atoms with Gasteiger partial charge in [0.05, 0.1) is 24.1 Å². The lowest BCUT2D eigenvalue weighted by molar-refractivity contribution is 0.0357. The van der Waals surface area contributed by atoms with Crippen LogP contribution in [0.2, 0.25) is 0 Å². The lowest BCUT2D eigenvalue weighted by atomic mass is 10.1. The zero-order valence-electron chi connectivity index (χ0n) is 15.2. The van der Waals surface area contributed by atoms with E-state index in [4.69, 9.17) is 9.57 Å². The van der Waals surface area contributed by atoms with Crippen LogP contribution < -0.4 is 4.84 Å². The van der Waals surface area contributed by atoms with Gasteiger partial charge in [0.1, 0.15) is 7.11 Å². The topological polar surface area (TPSA) is 23.4 Å². The van der Waals surface area contributed by atoms with Gasteiger partial charge in [0.25, 0.3) is 0 Å². The highest BCUT2D eigenvalue weighted by Crippen LogP contribution is 2.30. The van der Waals surface area contributed by atoms with Crippen LogP contribution in [-0.2, 0) is 24.2 Å². The molecule has 3 nitrogen and oxygen atoms in total. The van der Waals surface area contributed by atoms with Gasteiger partial charge >= 0.3 is 0 Å². The van der Waals surface area contributed by atoms with E-state index in [2.05, 4.69) is 54.6 Å². The highest BCUT2D eigenvalue weighted by molar-refractivity contribution is 5.62. The summed E-state index contributed by atoms with van der Waals surface area (Å²) in [7, 11) is 1.75. The number of fused-ring (bicyclic) bond motifs is 1. The predicted molar refractivity (Wildman–Crippen MR) is 104 cm³/mol. The molecular formula is C23H25NO2. The molecule has 0 spiro atoms. The minimum absolute atomic E-state index is 0.257. The normalized spacial score (nSPS) is 16.7. The van der Waals surface area contributed by atoms with E-state index in [0.29, 0.717) is 6.61 Å². The first kappa shape index (κ1) is 16.9. The summed E-state index contributed by atoms with van der Waals surface area (Å²) in [5.41, 5.74) is 6.18. The van der Waals surface area contributed by atoms with Crippen LogP contribution in [-0.4, -0.2) is 17.9 Å². The van der Waals surface area contributed by atoms with E-state index in [-0.39, 0.29) is 6.10 Å². The van der Waals surface area contributed by atoms with E-state index >= 15 is 0 Å². The monoisotopic (exact) mass is 347 g/mol. The molecule has 0 saturated carbocycles. The molecule has 3 aromatic rings. The van der Waals surface area contributed by atoms with E-state index in [1.54, 1.807) is 7.11 Å². The van der Waals surface area contributed by atoms with Crippen LogP contribution in [0, 0.1) is 0 Å². The molecular weight excluding hydrogens is 322 g/mol. The summed E-state index contributed by atoms with van der Waals surface area (Å²) >= 11 is 0. The number of hydrogen-bond donors (Lipinski definition) is 0. The molecule has 26 heavy (non-hydrogen) atoms. The third-order valence-corrected chi connectivity index (χ3v) is 5.11. The van der Waals surface area contributed by atoms with Crippen LogP contribution >= 0.6 is 0 Å². The molecule has 1 aromatic heterocycles. The first-order valence-electron chi connectivity index (χ1n) is 9.34. The van der Waals surface area contributed by atoms with Gasteiger partial charge in [-0.05, 0) is 36.5 Å². The summed E-state index contributed by atoms with van der Waals surface area (Å²) in [5, 5.41) is 0. The number of ether oxygens (including phenoxy) is 1. The van der Waals surface area contributed by atoms with Gasteiger partial charge in [0.2, 0.25) is 0 Å². The van der Waals surface area contributed by atoms with Crippen LogP contribution in [0.15, 0.2) is 66.7 Å². The van der Waals surface area contributed by atoms with Gasteiger partial charge in [0, 0.05) is 12.0 Å². The summed E-state index contributed by atoms with van der Waals surface area (Å²) in [5.74, 6) is 0. The second-order valence-electron chi connectivity index (χ2n) is 6.86. The standard InChI is InChI=1S/C23H25NO2/c1-25-24-22-14-8-13-21(26-17-18-9-4-2-5-10-18)15-20(22)16-23(24)19-11-6-3-7-12-19/h2-7,9-12,16,21H,8,13-15,17H2,1H3. The molecule has 1 aliphatic rings. The predicted octanol–water partition coefficient (Wildman–Crippen LogP) is 4.68. The van der Waals surface area contributed by atoms with Gasteiger partial charge in [-0.15, -0.1) is 0 Å². The Balaban J connectivity index is 1.55. The second kappa shape index (κ2) is 7.79. The molecule has 1 atom stereocenters. The lowest BCUT2D eigenvalue weighted by Gasteiger charge is -2.15. The van der Waals surface area contributed by atoms with Gasteiger partial charge in [-0.2, -0.15) is 4.73 Å². The smallest absolute Gasteiger partial charge is 0.104 e. The zero-order chi connectivity index (χ0) is 17.8. The molecule has 0 radical (unpaired) electrons. The SMILES string of the molecule is COn1c(-c2ccccc2)cc2c1CCCC(OCc1ccccc1)C2. The molecule has 4 rings (SSSR count). The fraction of sp³-hybridized carbons (Fsp3) is 0.304. The van der Waals surface area contributed by atoms with Gasteiger partial charge < -0.3 is 9.57 Å². The van der Waals surface area contributed by atoms with Gasteiger partial charge in [0.15, 0.2) is 0 Å². The van der Waals surface area contributed by atoms with Crippen molar-refractivity contribution in [2.24, 2.45) is 0 Å². The van der Waals surface area contributed by atoms with Crippen molar-refractivity contribution in [2.75, 3.05) is 7.11 Å². The molecule has 3 heteroatoms. The lowest BCUT2D eigenvalue weighted by Crippen LogP contribution is -2.15. The van der Waals surface area contributed by atoms with Crippen molar-refractivity contribution in [1.82, 2.24) is 4.73 Å². The Bertz CT molecular complexity index is 839. The Morgan fingerprint density at radius 1 is 1.00 bits per heavy atom. The summed E-state index contributed by atoms with van der Waals surface area (Å²) in [6.07, 6.45) is 4.44. The van der Waals surface area contributed by atoms with Crippen molar-refractivity contribution in [3.63, 3.8) is 0 Å². The maximum atomic E-state index is 6.24. The molecule has 2 aromatic carbocycles. The van der Waals surface area contributed by atoms with Crippen LogP contribution in [0.25, 0.3) is 11.3 Å². The molecule has 0 N–H and O–H groups in total. The van der Waals surface area contributed by atoms with Crippen molar-refractivity contribution in [2.45, 2.75) is 38.4 Å². The Hall–Kier alpha value is -2.52. The maximum Gasteiger partial charge on any atom is 0.104 e. The number of rotatable bonds is 5. The van der Waals surface area contributed by atoms with E-state index < -0.39 is 0 Å². The number of aromatic nitrogens is 1. The Kier molecular flexibility index (Phi) is 5.07. The average Bonchev–Trinajstić information content (AvgIpc) is 2.92. The molecule has 0 saturated heterocycles. The van der Waals surface area contributed by atoms with Crippen molar-refractivity contribution in [3.8, 4) is 11.3 Å². The number of nitrogens with zero attached hydrogens (tertiary/aromatic N) is 1. The maximum absolute atomic E-state index is 6.24. The summed E-state index contributed by atoms with van der Waals surface area (Å²) in [6, 6.07) is 23.1. The fourth-order valence-corrected chi connectivity index (χ4v) is 3.81. The molecule has 1 heterocycles. The highest BCUT2D eigenvalue weighted by atomic mass is 16.6. The first-order chi connectivity index (χ1) is 12.8. The average molecular weight is 347 g/mol. The molecule has 1 unspecified atom stereocenters. The van der Waals surface area contributed by atoms with E-state index in [0.717, 1.165) is 31.4 Å². The minimum atomic E-state index is 0.257. The molecule has 0 fully saturated rings. The molecule has 134 valence electrons. The quantitative estimate of drug-likeness (QED) is 0.626. The van der Waals surface area contributed by atoms with Crippen molar-refractivity contribution in [1.29, 1.82) is 0 Å². The second-order valence-corrected chi connectivity index (χ2v) is 6.86. The van der Waals surface area contributed by atoms with E-state index in [1.807, 2.05) is 16.9 Å². The van der Waals surface area contributed by atoms with Crippen LogP contribution in [0.1, 0.15) is 29.7 Å². The largest absolute Gasteiger partial charge is 0.417 e. The molecule has 0 aliphatic heterocycles. The zero-order valence-corrected chi connectivity index (χ0v) is 15.2. The van der Waals surface area contributed by atoms with Crippen molar-refractivity contribution < 1.29 is 9.57 Å². The van der Waals surface area contributed by atoms with E-state index in [1.165, 1.54) is 22.4 Å². The Labute approximate surface area is 155 Å². The Morgan fingerprint density at radius 3 is 2.46 bits per heavy atom. The molecule has 0 amide bonds. The third kappa shape index (κ3) is 3.54. The fourth-order valence-electron chi connectivity index (χ4n) is 3.81. The number of benzene rings is 2. The summed E-state index contributed by atoms with van der Waals surface area (Å²) < 4.78 is 8.25. The summed E-state index contributed by atoms with van der Waals surface area (Å²) in [6.45, 7) is 0.678. The van der Waals surface area contributed by atoms with Crippen LogP contribution in [0.5, 0.6) is 0 Å². The van der Waals surface area contributed by atoms with Crippen molar-refractivity contribution in [3.05, 3.63) is 83.6 Å². The third-order valence-electron chi connectivity index (χ3n) is 5.11. The Morgan fingerprint density at radius 2 is 1.73 bits per heavy atom. The molecule has 0 bridgehead atoms. The van der Waals surface area contributed by atoms with Gasteiger partial charge in [-0.1, -0.05) is 60.7 Å². The van der Waals surface area contributed by atoms with Crippen LogP contribution in [0.4, 0.5) is 0 Å².